The first-order valence-electron chi connectivity index (χ1n) is 5.06. The monoisotopic (exact) mass is 233 g/mol. The van der Waals surface area contributed by atoms with Gasteiger partial charge in [0.1, 0.15) is 12.5 Å². The highest BCUT2D eigenvalue weighted by Crippen LogP contribution is 2.11. The van der Waals surface area contributed by atoms with Gasteiger partial charge in [0.15, 0.2) is 0 Å². The molecule has 1 N–H and O–H groups in total. The molecule has 0 spiro atoms. The van der Waals surface area contributed by atoms with Crippen LogP contribution in [0.15, 0.2) is 36.4 Å². The van der Waals surface area contributed by atoms with Crippen LogP contribution in [-0.2, 0) is 20.9 Å². The van der Waals surface area contributed by atoms with E-state index in [1.165, 1.54) is 12.2 Å². The Morgan fingerprint density at radius 2 is 1.65 bits per heavy atom. The smallest absolute Gasteiger partial charge is 0.255 e. The van der Waals surface area contributed by atoms with Crippen LogP contribution in [0, 0.1) is 0 Å². The summed E-state index contributed by atoms with van der Waals surface area (Å²) < 4.78 is 5.25. The molecule has 1 aromatic carbocycles. The number of hydrogen-bond donors (Lipinski definition) is 1. The predicted octanol–water partition coefficient (Wildman–Crippen LogP) is 0.791. The van der Waals surface area contributed by atoms with Crippen molar-refractivity contribution < 1.29 is 19.4 Å². The quantitative estimate of drug-likeness (QED) is 0.781. The predicted molar refractivity (Wildman–Crippen MR) is 58.8 cm³/mol. The molecule has 0 atom stereocenters. The van der Waals surface area contributed by atoms with Crippen LogP contribution in [0.5, 0.6) is 5.75 Å². The second-order valence-corrected chi connectivity index (χ2v) is 3.58. The number of hydrogen-bond acceptors (Lipinski definition) is 4. The van der Waals surface area contributed by atoms with Gasteiger partial charge >= 0.3 is 0 Å². The van der Waals surface area contributed by atoms with Crippen LogP contribution in [0.25, 0.3) is 0 Å². The molecule has 1 heterocycles. The van der Waals surface area contributed by atoms with Gasteiger partial charge in [-0.3, -0.25) is 14.5 Å². The van der Waals surface area contributed by atoms with Crippen LogP contribution >= 0.6 is 0 Å². The fourth-order valence-corrected chi connectivity index (χ4v) is 1.41. The van der Waals surface area contributed by atoms with Gasteiger partial charge in [0.2, 0.25) is 0 Å². The molecule has 0 aliphatic carbocycles. The molecule has 0 fully saturated rings. The first-order valence-corrected chi connectivity index (χ1v) is 5.06. The topological polar surface area (TPSA) is 66.8 Å². The van der Waals surface area contributed by atoms with Crippen molar-refractivity contribution in [3.63, 3.8) is 0 Å². The van der Waals surface area contributed by atoms with Crippen molar-refractivity contribution >= 4 is 11.8 Å². The third-order valence-corrected chi connectivity index (χ3v) is 2.33. The number of ether oxygens (including phenoxy) is 1. The van der Waals surface area contributed by atoms with Crippen molar-refractivity contribution in [3.8, 4) is 5.75 Å². The van der Waals surface area contributed by atoms with E-state index >= 15 is 0 Å². The summed E-state index contributed by atoms with van der Waals surface area (Å²) in [6, 6.07) is 6.52. The van der Waals surface area contributed by atoms with E-state index in [1.54, 1.807) is 24.3 Å². The number of phenols is 1. The molecule has 2 rings (SSSR count). The second kappa shape index (κ2) is 4.80. The minimum atomic E-state index is -0.360. The van der Waals surface area contributed by atoms with Gasteiger partial charge in [-0.2, -0.15) is 0 Å². The summed E-state index contributed by atoms with van der Waals surface area (Å²) in [6.45, 7) is 0.211. The molecule has 0 saturated heterocycles. The molecular formula is C12H11NO4. The van der Waals surface area contributed by atoms with Crippen LogP contribution in [-0.4, -0.2) is 28.6 Å². The molecule has 1 aliphatic rings. The van der Waals surface area contributed by atoms with Crippen molar-refractivity contribution in [1.29, 1.82) is 0 Å². The SMILES string of the molecule is O=C1C=CC(=O)N1COCc1ccc(O)cc1. The molecule has 0 saturated carbocycles. The van der Waals surface area contributed by atoms with E-state index in [0.717, 1.165) is 10.5 Å². The van der Waals surface area contributed by atoms with Gasteiger partial charge in [-0.05, 0) is 17.7 Å². The number of rotatable bonds is 4. The largest absolute Gasteiger partial charge is 0.508 e. The van der Waals surface area contributed by atoms with Gasteiger partial charge in [-0.15, -0.1) is 0 Å². The first kappa shape index (κ1) is 11.3. The van der Waals surface area contributed by atoms with Gasteiger partial charge in [0, 0.05) is 12.2 Å². The number of benzene rings is 1. The summed E-state index contributed by atoms with van der Waals surface area (Å²) >= 11 is 0. The number of amides is 2. The normalized spacial score (nSPS) is 14.7. The standard InChI is InChI=1S/C12H11NO4/c14-10-3-1-9(2-4-10)7-17-8-13-11(15)5-6-12(13)16/h1-6,14H,7-8H2. The molecule has 0 aromatic heterocycles. The summed E-state index contributed by atoms with van der Waals surface area (Å²) in [6.07, 6.45) is 2.43. The van der Waals surface area contributed by atoms with E-state index in [4.69, 9.17) is 9.84 Å². The molecule has 2 amide bonds. The molecule has 5 heteroatoms. The molecule has 88 valence electrons. The number of carbonyl (C=O) groups excluding carboxylic acids is 2. The Hall–Kier alpha value is -2.14. The Morgan fingerprint density at radius 3 is 2.24 bits per heavy atom. The van der Waals surface area contributed by atoms with Crippen molar-refractivity contribution in [1.82, 2.24) is 4.90 Å². The second-order valence-electron chi connectivity index (χ2n) is 3.58. The average molecular weight is 233 g/mol. The van der Waals surface area contributed by atoms with E-state index in [-0.39, 0.29) is 30.9 Å². The fraction of sp³-hybridized carbons (Fsp3) is 0.167. The number of carbonyl (C=O) groups is 2. The first-order chi connectivity index (χ1) is 8.16. The lowest BCUT2D eigenvalue weighted by molar-refractivity contribution is -0.143. The Bertz CT molecular complexity index is 446. The lowest BCUT2D eigenvalue weighted by atomic mass is 10.2. The summed E-state index contributed by atoms with van der Waals surface area (Å²) in [5.74, 6) is -0.538. The summed E-state index contributed by atoms with van der Waals surface area (Å²) in [5.41, 5.74) is 0.856. The summed E-state index contributed by atoms with van der Waals surface area (Å²) in [4.78, 5) is 23.4. The Balaban J connectivity index is 1.82. The van der Waals surface area contributed by atoms with Crippen LogP contribution in [0.3, 0.4) is 0 Å². The van der Waals surface area contributed by atoms with Crippen LogP contribution in [0.1, 0.15) is 5.56 Å². The van der Waals surface area contributed by atoms with Crippen LogP contribution in [0.2, 0.25) is 0 Å². The number of imide groups is 1. The number of phenolic OH excluding ortho intramolecular Hbond substituents is 1. The molecule has 1 aliphatic heterocycles. The van der Waals surface area contributed by atoms with Crippen molar-refractivity contribution in [2.45, 2.75) is 6.61 Å². The van der Waals surface area contributed by atoms with Gasteiger partial charge in [0.25, 0.3) is 11.8 Å². The fourth-order valence-electron chi connectivity index (χ4n) is 1.41. The summed E-state index contributed by atoms with van der Waals surface area (Å²) in [7, 11) is 0. The van der Waals surface area contributed by atoms with Crippen molar-refractivity contribution in [2.24, 2.45) is 0 Å². The van der Waals surface area contributed by atoms with E-state index in [2.05, 4.69) is 0 Å². The summed E-state index contributed by atoms with van der Waals surface area (Å²) in [5, 5.41) is 9.08. The maximum atomic E-state index is 11.2. The molecule has 0 unspecified atom stereocenters. The molecule has 5 nitrogen and oxygen atoms in total. The van der Waals surface area contributed by atoms with Gasteiger partial charge in [0.05, 0.1) is 6.61 Å². The maximum Gasteiger partial charge on any atom is 0.255 e. The minimum Gasteiger partial charge on any atom is -0.508 e. The van der Waals surface area contributed by atoms with E-state index in [1.807, 2.05) is 0 Å². The lowest BCUT2D eigenvalue weighted by Crippen LogP contribution is -2.32. The van der Waals surface area contributed by atoms with Crippen molar-refractivity contribution in [2.75, 3.05) is 6.73 Å². The van der Waals surface area contributed by atoms with Gasteiger partial charge in [-0.1, -0.05) is 12.1 Å². The zero-order chi connectivity index (χ0) is 12.3. The Kier molecular flexibility index (Phi) is 3.20. The number of nitrogens with zero attached hydrogens (tertiary/aromatic N) is 1. The zero-order valence-corrected chi connectivity index (χ0v) is 9.00. The van der Waals surface area contributed by atoms with Gasteiger partial charge < -0.3 is 9.84 Å². The highest BCUT2D eigenvalue weighted by Gasteiger charge is 2.22. The maximum absolute atomic E-state index is 11.2. The number of aromatic hydroxyl groups is 1. The third-order valence-electron chi connectivity index (χ3n) is 2.33. The molecule has 0 radical (unpaired) electrons. The highest BCUT2D eigenvalue weighted by molar-refractivity contribution is 6.12. The molecule has 1 aromatic rings. The third kappa shape index (κ3) is 2.70. The molecule has 0 bridgehead atoms. The van der Waals surface area contributed by atoms with Crippen LogP contribution in [0.4, 0.5) is 0 Å². The van der Waals surface area contributed by atoms with E-state index < -0.39 is 0 Å². The Morgan fingerprint density at radius 1 is 1.06 bits per heavy atom. The molecule has 17 heavy (non-hydrogen) atoms. The average Bonchev–Trinajstić information content (AvgIpc) is 2.63. The zero-order valence-electron chi connectivity index (χ0n) is 9.00. The van der Waals surface area contributed by atoms with E-state index in [9.17, 15) is 9.59 Å². The van der Waals surface area contributed by atoms with Gasteiger partial charge in [-0.25, -0.2) is 0 Å². The van der Waals surface area contributed by atoms with Crippen LogP contribution < -0.4 is 0 Å². The van der Waals surface area contributed by atoms with E-state index in [0.29, 0.717) is 0 Å². The Labute approximate surface area is 97.9 Å². The van der Waals surface area contributed by atoms with Crippen molar-refractivity contribution in [3.05, 3.63) is 42.0 Å². The molecular weight excluding hydrogens is 222 g/mol. The lowest BCUT2D eigenvalue weighted by Gasteiger charge is -2.13. The minimum absolute atomic E-state index is 0.0639. The highest BCUT2D eigenvalue weighted by atomic mass is 16.5.